The van der Waals surface area contributed by atoms with Gasteiger partial charge in [0, 0.05) is 17.7 Å². The molecule has 0 saturated carbocycles. The molecule has 2 aromatic rings. The highest BCUT2D eigenvalue weighted by atomic mass is 16.5. The molecule has 7 nitrogen and oxygen atoms in total. The zero-order valence-electron chi connectivity index (χ0n) is 18.0. The largest absolute Gasteiger partial charge is 0.493 e. The van der Waals surface area contributed by atoms with Gasteiger partial charge in [-0.25, -0.2) is 4.79 Å². The van der Waals surface area contributed by atoms with Crippen molar-refractivity contribution in [3.63, 3.8) is 0 Å². The van der Waals surface area contributed by atoms with E-state index in [1.54, 1.807) is 36.1 Å². The van der Waals surface area contributed by atoms with Crippen LogP contribution in [0.4, 0.5) is 5.69 Å². The zero-order chi connectivity index (χ0) is 21.6. The molecule has 1 saturated heterocycles. The molecule has 0 aromatic heterocycles. The molecule has 0 bridgehead atoms. The monoisotopic (exact) mass is 425 g/mol. The first kappa shape index (κ1) is 21.3. The Morgan fingerprint density at radius 1 is 1.03 bits per heavy atom. The number of ether oxygens (including phenoxy) is 2. The molecule has 2 aliphatic rings. The number of carbonyl (C=O) groups is 2. The summed E-state index contributed by atoms with van der Waals surface area (Å²) in [5, 5.41) is 2.93. The van der Waals surface area contributed by atoms with Crippen molar-refractivity contribution in [2.45, 2.75) is 19.9 Å². The topological polar surface area (TPSA) is 73.5 Å². The fourth-order valence-electron chi connectivity index (χ4n) is 4.29. The molecule has 2 aromatic carbocycles. The normalized spacial score (nSPS) is 19.9. The first-order valence-electron chi connectivity index (χ1n) is 11.1. The predicted molar refractivity (Wildman–Crippen MR) is 117 cm³/mol. The average Bonchev–Trinajstić information content (AvgIpc) is 3.24. The summed E-state index contributed by atoms with van der Waals surface area (Å²) in [6.07, 6.45) is 1.01. The first-order valence-corrected chi connectivity index (χ1v) is 11.1. The van der Waals surface area contributed by atoms with Gasteiger partial charge in [0.25, 0.3) is 5.91 Å². The maximum atomic E-state index is 12.4. The van der Waals surface area contributed by atoms with Gasteiger partial charge in [-0.1, -0.05) is 0 Å². The Bertz CT molecular complexity index is 921. The Morgan fingerprint density at radius 3 is 2.52 bits per heavy atom. The average molecular weight is 426 g/mol. The standard InChI is InChI=1S/C24H29N3O4/c1-2-30-24(29)19-4-6-21(7-5-19)25-23(28)17-27-12-10-26(11-13-27)16-18-3-8-22-20(15-18)9-14-31-22/h3-8,15H,2,9-14,16-17H2,1H3,(H,25,28)/p+2. The quantitative estimate of drug-likeness (QED) is 0.534. The van der Waals surface area contributed by atoms with Crippen LogP contribution >= 0.6 is 0 Å². The van der Waals surface area contributed by atoms with Crippen molar-refractivity contribution in [3.05, 3.63) is 59.2 Å². The van der Waals surface area contributed by atoms with Crippen molar-refractivity contribution in [2.24, 2.45) is 0 Å². The van der Waals surface area contributed by atoms with E-state index in [0.29, 0.717) is 24.4 Å². The minimum absolute atomic E-state index is 0.000886. The number of rotatable bonds is 7. The Kier molecular flexibility index (Phi) is 6.84. The summed E-state index contributed by atoms with van der Waals surface area (Å²) in [5.41, 5.74) is 3.88. The number of fused-ring (bicyclic) bond motifs is 1. The lowest BCUT2D eigenvalue weighted by atomic mass is 10.1. The van der Waals surface area contributed by atoms with Crippen LogP contribution in [0, 0.1) is 0 Å². The van der Waals surface area contributed by atoms with E-state index in [0.717, 1.165) is 51.5 Å². The number of hydrogen-bond donors (Lipinski definition) is 3. The molecule has 0 spiro atoms. The summed E-state index contributed by atoms with van der Waals surface area (Å²) < 4.78 is 10.6. The third-order valence-electron chi connectivity index (χ3n) is 5.96. The minimum Gasteiger partial charge on any atom is -0.493 e. The van der Waals surface area contributed by atoms with Gasteiger partial charge in [0.2, 0.25) is 0 Å². The van der Waals surface area contributed by atoms with Crippen molar-refractivity contribution < 1.29 is 28.9 Å². The van der Waals surface area contributed by atoms with E-state index >= 15 is 0 Å². The number of nitrogens with one attached hydrogen (secondary N) is 3. The van der Waals surface area contributed by atoms with Gasteiger partial charge >= 0.3 is 5.97 Å². The predicted octanol–water partition coefficient (Wildman–Crippen LogP) is -0.280. The Labute approximate surface area is 182 Å². The van der Waals surface area contributed by atoms with E-state index in [1.165, 1.54) is 16.0 Å². The van der Waals surface area contributed by atoms with Gasteiger partial charge in [-0.2, -0.15) is 0 Å². The molecular formula is C24H31N3O4+2. The summed E-state index contributed by atoms with van der Waals surface area (Å²) in [7, 11) is 0. The number of quaternary nitrogens is 2. The molecule has 1 fully saturated rings. The van der Waals surface area contributed by atoms with Crippen molar-refractivity contribution in [1.82, 2.24) is 0 Å². The van der Waals surface area contributed by atoms with E-state index in [2.05, 4.69) is 23.5 Å². The van der Waals surface area contributed by atoms with Crippen molar-refractivity contribution in [3.8, 4) is 5.75 Å². The van der Waals surface area contributed by atoms with Gasteiger partial charge in [0.05, 0.1) is 18.8 Å². The molecule has 2 aliphatic heterocycles. The van der Waals surface area contributed by atoms with Gasteiger partial charge in [-0.05, 0) is 55.0 Å². The van der Waals surface area contributed by atoms with E-state index in [1.807, 2.05) is 0 Å². The molecule has 0 unspecified atom stereocenters. The van der Waals surface area contributed by atoms with E-state index < -0.39 is 0 Å². The Hall–Kier alpha value is -2.90. The van der Waals surface area contributed by atoms with Crippen LogP contribution in [0.1, 0.15) is 28.4 Å². The van der Waals surface area contributed by atoms with Crippen LogP contribution in [0.3, 0.4) is 0 Å². The second kappa shape index (κ2) is 9.94. The van der Waals surface area contributed by atoms with Gasteiger partial charge in [-0.3, -0.25) is 4.79 Å². The summed E-state index contributed by atoms with van der Waals surface area (Å²) >= 11 is 0. The zero-order valence-corrected chi connectivity index (χ0v) is 18.0. The van der Waals surface area contributed by atoms with Crippen molar-refractivity contribution in [1.29, 1.82) is 0 Å². The lowest BCUT2D eigenvalue weighted by molar-refractivity contribution is -1.02. The van der Waals surface area contributed by atoms with Crippen molar-refractivity contribution in [2.75, 3.05) is 51.3 Å². The van der Waals surface area contributed by atoms with Crippen LogP contribution < -0.4 is 19.9 Å². The minimum atomic E-state index is -0.349. The van der Waals surface area contributed by atoms with Crippen molar-refractivity contribution >= 4 is 17.6 Å². The molecular weight excluding hydrogens is 394 g/mol. The fraction of sp³-hybridized carbons (Fsp3) is 0.417. The number of hydrogen-bond acceptors (Lipinski definition) is 4. The van der Waals surface area contributed by atoms with Gasteiger partial charge in [-0.15, -0.1) is 0 Å². The first-order chi connectivity index (χ1) is 15.1. The molecule has 0 atom stereocenters. The second-order valence-electron chi connectivity index (χ2n) is 8.24. The fourth-order valence-corrected chi connectivity index (χ4v) is 4.29. The molecule has 4 rings (SSSR count). The number of anilines is 1. The molecule has 7 heteroatoms. The van der Waals surface area contributed by atoms with Crippen LogP contribution in [0.5, 0.6) is 5.75 Å². The van der Waals surface area contributed by atoms with Crippen LogP contribution in [-0.4, -0.2) is 57.8 Å². The highest BCUT2D eigenvalue weighted by Crippen LogP contribution is 2.25. The lowest BCUT2D eigenvalue weighted by Crippen LogP contribution is -3.28. The molecule has 1 amide bonds. The van der Waals surface area contributed by atoms with Crippen LogP contribution in [0.2, 0.25) is 0 Å². The summed E-state index contributed by atoms with van der Waals surface area (Å²) in [6, 6.07) is 13.4. The number of piperazine rings is 1. The third kappa shape index (κ3) is 5.62. The van der Waals surface area contributed by atoms with Crippen LogP contribution in [0.15, 0.2) is 42.5 Å². The Morgan fingerprint density at radius 2 is 1.77 bits per heavy atom. The SMILES string of the molecule is CCOC(=O)c1ccc(NC(=O)C[NH+]2CC[NH+](Cc3ccc4c(c3)CCO4)CC2)cc1. The molecule has 31 heavy (non-hydrogen) atoms. The molecule has 0 radical (unpaired) electrons. The van der Waals surface area contributed by atoms with Gasteiger partial charge in [0.1, 0.15) is 38.5 Å². The maximum absolute atomic E-state index is 12.4. The Balaban J connectivity index is 1.20. The van der Waals surface area contributed by atoms with Gasteiger partial charge in [0.15, 0.2) is 6.54 Å². The van der Waals surface area contributed by atoms with Crippen LogP contribution in [0.25, 0.3) is 0 Å². The molecule has 2 heterocycles. The highest BCUT2D eigenvalue weighted by Gasteiger charge is 2.25. The van der Waals surface area contributed by atoms with E-state index in [4.69, 9.17) is 9.47 Å². The molecule has 0 aliphatic carbocycles. The maximum Gasteiger partial charge on any atom is 0.338 e. The lowest BCUT2D eigenvalue weighted by Gasteiger charge is -2.29. The molecule has 3 N–H and O–H groups in total. The number of amides is 1. The highest BCUT2D eigenvalue weighted by molar-refractivity contribution is 5.93. The summed E-state index contributed by atoms with van der Waals surface area (Å²) in [4.78, 5) is 27.0. The van der Waals surface area contributed by atoms with Gasteiger partial charge < -0.3 is 24.6 Å². The number of carbonyl (C=O) groups excluding carboxylic acids is 2. The second-order valence-corrected chi connectivity index (χ2v) is 8.24. The van der Waals surface area contributed by atoms with Crippen LogP contribution in [-0.2, 0) is 22.5 Å². The third-order valence-corrected chi connectivity index (χ3v) is 5.96. The summed E-state index contributed by atoms with van der Waals surface area (Å²) in [5.74, 6) is 0.689. The number of benzene rings is 2. The number of esters is 1. The van der Waals surface area contributed by atoms with E-state index in [9.17, 15) is 9.59 Å². The summed E-state index contributed by atoms with van der Waals surface area (Å²) in [6.45, 7) is 8.50. The molecule has 164 valence electrons. The smallest absolute Gasteiger partial charge is 0.338 e. The van der Waals surface area contributed by atoms with E-state index in [-0.39, 0.29) is 11.9 Å².